The van der Waals surface area contributed by atoms with Gasteiger partial charge in [0.2, 0.25) is 0 Å². The number of aromatic hydroxyl groups is 1. The predicted molar refractivity (Wildman–Crippen MR) is 123 cm³/mol. The number of allylic oxidation sites excluding steroid dienone is 2. The average Bonchev–Trinajstić information content (AvgIpc) is 2.60. The van der Waals surface area contributed by atoms with Crippen molar-refractivity contribution in [2.45, 2.75) is 59.2 Å². The van der Waals surface area contributed by atoms with Crippen LogP contribution in [-0.2, 0) is 6.42 Å². The van der Waals surface area contributed by atoms with Gasteiger partial charge in [-0.25, -0.2) is 0 Å². The lowest BCUT2D eigenvalue weighted by molar-refractivity contribution is 0.104. The van der Waals surface area contributed by atoms with Crippen molar-refractivity contribution in [3.8, 4) is 17.2 Å². The Bertz CT molecular complexity index is 923. The number of carbonyl (C=O) groups excluding carboxylic acids is 1. The number of ether oxygens (including phenoxy) is 2. The van der Waals surface area contributed by atoms with Crippen LogP contribution >= 0.6 is 0 Å². The van der Waals surface area contributed by atoms with E-state index in [1.165, 1.54) is 18.2 Å². The van der Waals surface area contributed by atoms with Gasteiger partial charge < -0.3 is 14.6 Å². The first-order chi connectivity index (χ1) is 13.9. The summed E-state index contributed by atoms with van der Waals surface area (Å²) < 4.78 is 12.3. The molecule has 0 heterocycles. The lowest BCUT2D eigenvalue weighted by Crippen LogP contribution is -2.25. The van der Waals surface area contributed by atoms with Crippen molar-refractivity contribution >= 4 is 11.9 Å². The summed E-state index contributed by atoms with van der Waals surface area (Å²) in [5.41, 5.74) is 1.52. The molecule has 0 amide bonds. The molecule has 0 bridgehead atoms. The Labute approximate surface area is 179 Å². The first-order valence-electron chi connectivity index (χ1n) is 10.1. The van der Waals surface area contributed by atoms with Gasteiger partial charge in [0, 0.05) is 17.2 Å². The van der Waals surface area contributed by atoms with Crippen LogP contribution in [0.1, 0.15) is 63.0 Å². The van der Waals surface area contributed by atoms with Crippen LogP contribution in [0.3, 0.4) is 0 Å². The minimum absolute atomic E-state index is 0.125. The van der Waals surface area contributed by atoms with Crippen molar-refractivity contribution in [3.63, 3.8) is 0 Å². The van der Waals surface area contributed by atoms with Crippen LogP contribution in [0.15, 0.2) is 55.1 Å². The Morgan fingerprint density at radius 2 is 1.60 bits per heavy atom. The number of phenolic OH excluding ortho intramolecular Hbond substituents is 1. The summed E-state index contributed by atoms with van der Waals surface area (Å²) in [5.74, 6) is 1.35. The van der Waals surface area contributed by atoms with Gasteiger partial charge in [0.15, 0.2) is 5.78 Å². The molecule has 0 fully saturated rings. The van der Waals surface area contributed by atoms with E-state index >= 15 is 0 Å². The Hall–Kier alpha value is -3.01. The zero-order valence-electron chi connectivity index (χ0n) is 18.8. The standard InChI is InChI=1S/C26H32O4/c1-8-9-22-19(12-15-23(28)18-10-13-20(27)14-11-18)16-21(29-25(2,3)4)17-24(22)30-26(5,6)7/h8,10-17,27H,1,9H2,2-7H3/b15-12+. The van der Waals surface area contributed by atoms with E-state index in [1.54, 1.807) is 18.2 Å². The average molecular weight is 409 g/mol. The van der Waals surface area contributed by atoms with Gasteiger partial charge in [-0.05, 0) is 89.9 Å². The van der Waals surface area contributed by atoms with Gasteiger partial charge in [0.25, 0.3) is 0 Å². The molecule has 0 radical (unpaired) electrons. The maximum Gasteiger partial charge on any atom is 0.185 e. The molecule has 0 spiro atoms. The molecular weight excluding hydrogens is 376 g/mol. The van der Waals surface area contributed by atoms with Gasteiger partial charge >= 0.3 is 0 Å². The first-order valence-corrected chi connectivity index (χ1v) is 10.1. The monoisotopic (exact) mass is 408 g/mol. The lowest BCUT2D eigenvalue weighted by Gasteiger charge is -2.27. The molecule has 2 aromatic carbocycles. The van der Waals surface area contributed by atoms with Crippen LogP contribution in [0.5, 0.6) is 17.2 Å². The molecule has 2 aromatic rings. The Kier molecular flexibility index (Phi) is 7.14. The van der Waals surface area contributed by atoms with Gasteiger partial charge in [0.05, 0.1) is 0 Å². The van der Waals surface area contributed by atoms with E-state index in [2.05, 4.69) is 6.58 Å². The molecule has 0 aromatic heterocycles. The van der Waals surface area contributed by atoms with Crippen LogP contribution in [0.2, 0.25) is 0 Å². The minimum Gasteiger partial charge on any atom is -0.508 e. The number of carbonyl (C=O) groups is 1. The van der Waals surface area contributed by atoms with Gasteiger partial charge in [-0.2, -0.15) is 0 Å². The van der Waals surface area contributed by atoms with Crippen LogP contribution < -0.4 is 9.47 Å². The molecule has 0 atom stereocenters. The molecule has 2 rings (SSSR count). The van der Waals surface area contributed by atoms with E-state index in [4.69, 9.17) is 9.47 Å². The highest BCUT2D eigenvalue weighted by molar-refractivity contribution is 6.07. The van der Waals surface area contributed by atoms with Gasteiger partial charge in [-0.1, -0.05) is 12.2 Å². The summed E-state index contributed by atoms with van der Waals surface area (Å²) in [7, 11) is 0. The third kappa shape index (κ3) is 7.11. The quantitative estimate of drug-likeness (QED) is 0.328. The highest BCUT2D eigenvalue weighted by atomic mass is 16.5. The smallest absolute Gasteiger partial charge is 0.185 e. The van der Waals surface area contributed by atoms with E-state index in [-0.39, 0.29) is 22.7 Å². The maximum atomic E-state index is 12.6. The molecule has 0 unspecified atom stereocenters. The van der Waals surface area contributed by atoms with Crippen LogP contribution in [0, 0.1) is 0 Å². The number of hydrogen-bond donors (Lipinski definition) is 1. The summed E-state index contributed by atoms with van der Waals surface area (Å²) >= 11 is 0. The largest absolute Gasteiger partial charge is 0.508 e. The van der Waals surface area contributed by atoms with Crippen molar-refractivity contribution in [1.29, 1.82) is 0 Å². The number of ketones is 1. The highest BCUT2D eigenvalue weighted by Crippen LogP contribution is 2.34. The van der Waals surface area contributed by atoms with Gasteiger partial charge in [-0.3, -0.25) is 4.79 Å². The third-order valence-corrected chi connectivity index (χ3v) is 3.97. The fourth-order valence-electron chi connectivity index (χ4n) is 2.87. The van der Waals surface area contributed by atoms with Crippen molar-refractivity contribution in [1.82, 2.24) is 0 Å². The Morgan fingerprint density at radius 1 is 1.00 bits per heavy atom. The van der Waals surface area contributed by atoms with Crippen molar-refractivity contribution < 1.29 is 19.4 Å². The first kappa shape index (κ1) is 23.3. The second-order valence-corrected chi connectivity index (χ2v) is 9.16. The molecular formula is C26H32O4. The summed E-state index contributed by atoms with van der Waals surface area (Å²) in [4.78, 5) is 12.6. The fraction of sp³-hybridized carbons (Fsp3) is 0.346. The van der Waals surface area contributed by atoms with E-state index in [0.717, 1.165) is 11.1 Å². The number of phenols is 1. The molecule has 0 saturated heterocycles. The van der Waals surface area contributed by atoms with Gasteiger partial charge in [-0.15, -0.1) is 6.58 Å². The zero-order chi connectivity index (χ0) is 22.5. The van der Waals surface area contributed by atoms with Crippen molar-refractivity contribution in [2.75, 3.05) is 0 Å². The molecule has 30 heavy (non-hydrogen) atoms. The van der Waals surface area contributed by atoms with Crippen LogP contribution in [0.4, 0.5) is 0 Å². The van der Waals surface area contributed by atoms with Gasteiger partial charge in [0.1, 0.15) is 28.5 Å². The molecule has 160 valence electrons. The van der Waals surface area contributed by atoms with Crippen molar-refractivity contribution in [3.05, 3.63) is 71.8 Å². The molecule has 0 aliphatic heterocycles. The van der Waals surface area contributed by atoms with Crippen molar-refractivity contribution in [2.24, 2.45) is 0 Å². The fourth-order valence-corrected chi connectivity index (χ4v) is 2.87. The molecule has 1 N–H and O–H groups in total. The molecule has 0 aliphatic carbocycles. The van der Waals surface area contributed by atoms with Crippen LogP contribution in [-0.4, -0.2) is 22.1 Å². The Balaban J connectivity index is 2.51. The molecule has 4 nitrogen and oxygen atoms in total. The number of rotatable bonds is 7. The summed E-state index contributed by atoms with van der Waals surface area (Å²) in [6, 6.07) is 10.0. The van der Waals surface area contributed by atoms with E-state index < -0.39 is 0 Å². The summed E-state index contributed by atoms with van der Waals surface area (Å²) in [6.07, 6.45) is 5.71. The lowest BCUT2D eigenvalue weighted by atomic mass is 10.00. The molecule has 4 heteroatoms. The minimum atomic E-state index is -0.390. The van der Waals surface area contributed by atoms with E-state index in [9.17, 15) is 9.90 Å². The second-order valence-electron chi connectivity index (χ2n) is 9.16. The zero-order valence-corrected chi connectivity index (χ0v) is 18.8. The Morgan fingerprint density at radius 3 is 2.13 bits per heavy atom. The highest BCUT2D eigenvalue weighted by Gasteiger charge is 2.20. The SMILES string of the molecule is C=CCc1c(/C=C/C(=O)c2ccc(O)cc2)cc(OC(C)(C)C)cc1OC(C)(C)C. The summed E-state index contributed by atoms with van der Waals surface area (Å²) in [6.45, 7) is 15.8. The van der Waals surface area contributed by atoms with E-state index in [0.29, 0.717) is 23.5 Å². The second kappa shape index (κ2) is 9.21. The third-order valence-electron chi connectivity index (χ3n) is 3.97. The maximum absolute atomic E-state index is 12.6. The number of benzene rings is 2. The van der Waals surface area contributed by atoms with Crippen LogP contribution in [0.25, 0.3) is 6.08 Å². The molecule has 0 saturated carbocycles. The topological polar surface area (TPSA) is 55.8 Å². The molecule has 0 aliphatic rings. The number of hydrogen-bond acceptors (Lipinski definition) is 4. The normalized spacial score (nSPS) is 12.1. The van der Waals surface area contributed by atoms with E-state index in [1.807, 2.05) is 59.8 Å². The summed E-state index contributed by atoms with van der Waals surface area (Å²) in [5, 5.41) is 9.42. The predicted octanol–water partition coefficient (Wildman–Crippen LogP) is 6.37.